The first-order valence-corrected chi connectivity index (χ1v) is 6.34. The zero-order chi connectivity index (χ0) is 11.7. The molecule has 2 heterocycles. The number of rotatable bonds is 3. The van der Waals surface area contributed by atoms with Crippen molar-refractivity contribution in [2.75, 3.05) is 0 Å². The van der Waals surface area contributed by atoms with Gasteiger partial charge in [-0.1, -0.05) is 11.3 Å². The third-order valence-corrected chi connectivity index (χ3v) is 3.88. The molecule has 1 N–H and O–H groups in total. The summed E-state index contributed by atoms with van der Waals surface area (Å²) in [5, 5.41) is 12.4. The van der Waals surface area contributed by atoms with Crippen molar-refractivity contribution in [2.45, 2.75) is 26.7 Å². The molecule has 0 amide bonds. The standard InChI is InChI=1S/C10H14N4S2/c1-6-8(7(2)14(3)13-6)4-5-9-11-12-10(15)16-9/h4-5H2,1-3H3,(H,12,15). The summed E-state index contributed by atoms with van der Waals surface area (Å²) in [5.41, 5.74) is 3.67. The molecular weight excluding hydrogens is 240 g/mol. The van der Waals surface area contributed by atoms with Gasteiger partial charge in [0.25, 0.3) is 0 Å². The van der Waals surface area contributed by atoms with Crippen LogP contribution in [0.4, 0.5) is 0 Å². The third-order valence-electron chi connectivity index (χ3n) is 2.73. The predicted molar refractivity (Wildman–Crippen MR) is 67.4 cm³/mol. The Morgan fingerprint density at radius 2 is 2.12 bits per heavy atom. The molecule has 0 aromatic carbocycles. The summed E-state index contributed by atoms with van der Waals surface area (Å²) >= 11 is 6.55. The average molecular weight is 254 g/mol. The van der Waals surface area contributed by atoms with E-state index in [1.807, 2.05) is 11.7 Å². The number of aryl methyl sites for hydroxylation is 3. The van der Waals surface area contributed by atoms with Gasteiger partial charge in [0.05, 0.1) is 5.69 Å². The average Bonchev–Trinajstić information content (AvgIpc) is 2.72. The molecule has 2 aromatic rings. The van der Waals surface area contributed by atoms with Crippen molar-refractivity contribution < 1.29 is 0 Å². The number of nitrogens with zero attached hydrogens (tertiary/aromatic N) is 3. The summed E-state index contributed by atoms with van der Waals surface area (Å²) in [6.07, 6.45) is 1.90. The monoisotopic (exact) mass is 254 g/mol. The molecule has 0 unspecified atom stereocenters. The van der Waals surface area contributed by atoms with Crippen molar-refractivity contribution in [3.05, 3.63) is 25.9 Å². The molecule has 0 bridgehead atoms. The predicted octanol–water partition coefficient (Wildman–Crippen LogP) is 2.34. The lowest BCUT2D eigenvalue weighted by Crippen LogP contribution is -1.96. The molecule has 86 valence electrons. The Morgan fingerprint density at radius 1 is 1.38 bits per heavy atom. The lowest BCUT2D eigenvalue weighted by molar-refractivity contribution is 0.729. The molecule has 0 saturated heterocycles. The van der Waals surface area contributed by atoms with E-state index in [1.165, 1.54) is 11.3 Å². The smallest absolute Gasteiger partial charge is 0.176 e. The van der Waals surface area contributed by atoms with Gasteiger partial charge in [0, 0.05) is 19.2 Å². The Bertz CT molecular complexity index is 549. The summed E-state index contributed by atoms with van der Waals surface area (Å²) in [6, 6.07) is 0. The van der Waals surface area contributed by atoms with E-state index in [9.17, 15) is 0 Å². The number of H-pyrrole nitrogens is 1. The minimum Gasteiger partial charge on any atom is -0.272 e. The molecular formula is C10H14N4S2. The normalized spacial score (nSPS) is 10.9. The summed E-state index contributed by atoms with van der Waals surface area (Å²) in [6.45, 7) is 4.15. The van der Waals surface area contributed by atoms with Crippen LogP contribution in [0.25, 0.3) is 0 Å². The molecule has 0 radical (unpaired) electrons. The van der Waals surface area contributed by atoms with Crippen LogP contribution in [0, 0.1) is 17.8 Å². The Hall–Kier alpha value is -1.01. The molecule has 0 aliphatic carbocycles. The minimum absolute atomic E-state index is 0.745. The lowest BCUT2D eigenvalue weighted by atomic mass is 10.1. The van der Waals surface area contributed by atoms with Crippen LogP contribution >= 0.6 is 23.6 Å². The van der Waals surface area contributed by atoms with Crippen molar-refractivity contribution in [3.63, 3.8) is 0 Å². The van der Waals surface area contributed by atoms with Crippen LogP contribution in [0.2, 0.25) is 0 Å². The zero-order valence-corrected chi connectivity index (χ0v) is 11.2. The Balaban J connectivity index is 2.13. The van der Waals surface area contributed by atoms with Gasteiger partial charge in [-0.3, -0.25) is 9.78 Å². The number of hydrogen-bond acceptors (Lipinski definition) is 4. The van der Waals surface area contributed by atoms with E-state index < -0.39 is 0 Å². The fourth-order valence-corrected chi connectivity index (χ4v) is 2.71. The van der Waals surface area contributed by atoms with Crippen LogP contribution in [-0.4, -0.2) is 20.0 Å². The first-order chi connectivity index (χ1) is 7.58. The fraction of sp³-hybridized carbons (Fsp3) is 0.500. The van der Waals surface area contributed by atoms with Crippen LogP contribution in [-0.2, 0) is 19.9 Å². The second-order valence-electron chi connectivity index (χ2n) is 3.78. The molecule has 0 aliphatic rings. The molecule has 0 saturated carbocycles. The van der Waals surface area contributed by atoms with Crippen molar-refractivity contribution in [1.29, 1.82) is 0 Å². The van der Waals surface area contributed by atoms with Gasteiger partial charge in [-0.15, -0.1) is 0 Å². The van der Waals surface area contributed by atoms with Gasteiger partial charge in [-0.25, -0.2) is 0 Å². The molecule has 0 spiro atoms. The first-order valence-electron chi connectivity index (χ1n) is 5.11. The van der Waals surface area contributed by atoms with E-state index in [1.54, 1.807) is 11.3 Å². The largest absolute Gasteiger partial charge is 0.272 e. The van der Waals surface area contributed by atoms with Gasteiger partial charge in [0.2, 0.25) is 0 Å². The molecule has 2 rings (SSSR count). The lowest BCUT2D eigenvalue weighted by Gasteiger charge is -1.99. The quantitative estimate of drug-likeness (QED) is 0.855. The van der Waals surface area contributed by atoms with Gasteiger partial charge in [0.1, 0.15) is 5.01 Å². The summed E-state index contributed by atoms with van der Waals surface area (Å²) in [7, 11) is 1.98. The van der Waals surface area contributed by atoms with Gasteiger partial charge in [0.15, 0.2) is 3.95 Å². The summed E-state index contributed by atoms with van der Waals surface area (Å²) in [5.74, 6) is 0. The zero-order valence-electron chi connectivity index (χ0n) is 9.57. The number of nitrogens with one attached hydrogen (secondary N) is 1. The fourth-order valence-electron chi connectivity index (χ4n) is 1.78. The Labute approximate surface area is 103 Å². The maximum absolute atomic E-state index is 5.00. The van der Waals surface area contributed by atoms with Crippen LogP contribution in [0.1, 0.15) is 22.0 Å². The van der Waals surface area contributed by atoms with Crippen molar-refractivity contribution in [1.82, 2.24) is 20.0 Å². The number of aromatic amines is 1. The summed E-state index contributed by atoms with van der Waals surface area (Å²) < 4.78 is 2.67. The van der Waals surface area contributed by atoms with E-state index in [2.05, 4.69) is 29.1 Å². The SMILES string of the molecule is Cc1nn(C)c(C)c1CCc1n[nH]c(=S)s1. The highest BCUT2D eigenvalue weighted by Gasteiger charge is 2.09. The molecule has 4 nitrogen and oxygen atoms in total. The van der Waals surface area contributed by atoms with Crippen LogP contribution in [0.3, 0.4) is 0 Å². The second-order valence-corrected chi connectivity index (χ2v) is 5.53. The second kappa shape index (κ2) is 4.47. The van der Waals surface area contributed by atoms with Gasteiger partial charge >= 0.3 is 0 Å². The molecule has 0 atom stereocenters. The van der Waals surface area contributed by atoms with Gasteiger partial charge in [-0.05, 0) is 38.0 Å². The molecule has 2 aromatic heterocycles. The molecule has 16 heavy (non-hydrogen) atoms. The highest BCUT2D eigenvalue weighted by Crippen LogP contribution is 2.16. The number of aromatic nitrogens is 4. The molecule has 0 fully saturated rings. The van der Waals surface area contributed by atoms with Crippen LogP contribution in [0.5, 0.6) is 0 Å². The Kier molecular flexibility index (Phi) is 3.20. The van der Waals surface area contributed by atoms with E-state index in [4.69, 9.17) is 12.2 Å². The van der Waals surface area contributed by atoms with Gasteiger partial charge in [-0.2, -0.15) is 10.2 Å². The van der Waals surface area contributed by atoms with E-state index in [0.717, 1.165) is 27.5 Å². The minimum atomic E-state index is 0.745. The maximum Gasteiger partial charge on any atom is 0.176 e. The van der Waals surface area contributed by atoms with Crippen molar-refractivity contribution in [2.24, 2.45) is 7.05 Å². The first kappa shape index (κ1) is 11.5. The van der Waals surface area contributed by atoms with Crippen LogP contribution in [0.15, 0.2) is 0 Å². The third kappa shape index (κ3) is 2.22. The van der Waals surface area contributed by atoms with Crippen molar-refractivity contribution in [3.8, 4) is 0 Å². The topological polar surface area (TPSA) is 46.5 Å². The highest BCUT2D eigenvalue weighted by molar-refractivity contribution is 7.73. The van der Waals surface area contributed by atoms with Crippen LogP contribution < -0.4 is 0 Å². The number of hydrogen-bond donors (Lipinski definition) is 1. The maximum atomic E-state index is 5.00. The Morgan fingerprint density at radius 3 is 2.62 bits per heavy atom. The highest BCUT2D eigenvalue weighted by atomic mass is 32.1. The molecule has 0 aliphatic heterocycles. The van der Waals surface area contributed by atoms with Gasteiger partial charge < -0.3 is 0 Å². The summed E-state index contributed by atoms with van der Waals surface area (Å²) in [4.78, 5) is 0. The van der Waals surface area contributed by atoms with E-state index >= 15 is 0 Å². The van der Waals surface area contributed by atoms with Crippen molar-refractivity contribution >= 4 is 23.6 Å². The van der Waals surface area contributed by atoms with E-state index in [0.29, 0.717) is 0 Å². The van der Waals surface area contributed by atoms with E-state index in [-0.39, 0.29) is 0 Å². The molecule has 6 heteroatoms.